The van der Waals surface area contributed by atoms with E-state index in [0.717, 1.165) is 13.0 Å². The molecule has 0 N–H and O–H groups in total. The van der Waals surface area contributed by atoms with E-state index in [2.05, 4.69) is 18.8 Å². The predicted molar refractivity (Wildman–Crippen MR) is 43.2 cm³/mol. The quantitative estimate of drug-likeness (QED) is 0.397. The Morgan fingerprint density at radius 3 is 2.56 bits per heavy atom. The van der Waals surface area contributed by atoms with Crippen molar-refractivity contribution in [3.63, 3.8) is 0 Å². The van der Waals surface area contributed by atoms with Crippen LogP contribution in [0.2, 0.25) is 0 Å². The van der Waals surface area contributed by atoms with Gasteiger partial charge in [-0.25, -0.2) is 0 Å². The molecule has 0 aliphatic heterocycles. The smallest absolute Gasteiger partial charge is 0.0385 e. The van der Waals surface area contributed by atoms with E-state index in [9.17, 15) is 0 Å². The molecule has 0 aromatic carbocycles. The summed E-state index contributed by atoms with van der Waals surface area (Å²) in [7, 11) is 0. The molecule has 1 heteroatoms. The molecule has 0 aliphatic rings. The SMILES string of the molecule is CCC/C=N/CCCC. The van der Waals surface area contributed by atoms with Crippen molar-refractivity contribution in [2.24, 2.45) is 4.99 Å². The van der Waals surface area contributed by atoms with Crippen molar-refractivity contribution in [2.75, 3.05) is 6.54 Å². The highest BCUT2D eigenvalue weighted by Gasteiger charge is 1.76. The zero-order valence-electron chi connectivity index (χ0n) is 6.56. The third kappa shape index (κ3) is 7.67. The summed E-state index contributed by atoms with van der Waals surface area (Å²) < 4.78 is 0. The van der Waals surface area contributed by atoms with E-state index in [1.165, 1.54) is 19.3 Å². The second kappa shape index (κ2) is 7.67. The predicted octanol–water partition coefficient (Wildman–Crippen LogP) is 2.66. The molecule has 0 unspecified atom stereocenters. The number of rotatable bonds is 5. The molecule has 0 aromatic heterocycles. The summed E-state index contributed by atoms with van der Waals surface area (Å²) >= 11 is 0. The minimum absolute atomic E-state index is 1.02. The third-order valence-corrected chi connectivity index (χ3v) is 1.19. The Labute approximate surface area is 58.2 Å². The van der Waals surface area contributed by atoms with E-state index in [1.807, 2.05) is 6.21 Å². The Morgan fingerprint density at radius 2 is 2.00 bits per heavy atom. The van der Waals surface area contributed by atoms with Gasteiger partial charge in [0.15, 0.2) is 0 Å². The van der Waals surface area contributed by atoms with Gasteiger partial charge in [-0.1, -0.05) is 26.7 Å². The van der Waals surface area contributed by atoms with Crippen molar-refractivity contribution in [2.45, 2.75) is 39.5 Å². The molecule has 0 radical (unpaired) electrons. The third-order valence-electron chi connectivity index (χ3n) is 1.19. The standard InChI is InChI=1S/C8H17N/c1-3-5-7-9-8-6-4-2/h7H,3-6,8H2,1-2H3/b9-7+. The van der Waals surface area contributed by atoms with Crippen LogP contribution in [0.15, 0.2) is 4.99 Å². The monoisotopic (exact) mass is 127 g/mol. The lowest BCUT2D eigenvalue weighted by Gasteiger charge is -1.87. The fourth-order valence-electron chi connectivity index (χ4n) is 0.561. The van der Waals surface area contributed by atoms with E-state index >= 15 is 0 Å². The molecular weight excluding hydrogens is 110 g/mol. The number of unbranched alkanes of at least 4 members (excludes halogenated alkanes) is 2. The highest BCUT2D eigenvalue weighted by atomic mass is 14.7. The van der Waals surface area contributed by atoms with Crippen LogP contribution in [0.25, 0.3) is 0 Å². The largest absolute Gasteiger partial charge is 0.298 e. The van der Waals surface area contributed by atoms with Gasteiger partial charge in [-0.05, 0) is 19.1 Å². The van der Waals surface area contributed by atoms with Gasteiger partial charge < -0.3 is 0 Å². The highest BCUT2D eigenvalue weighted by Crippen LogP contribution is 1.87. The maximum Gasteiger partial charge on any atom is 0.0385 e. The average Bonchev–Trinajstić information content (AvgIpc) is 1.89. The van der Waals surface area contributed by atoms with E-state index in [-0.39, 0.29) is 0 Å². The summed E-state index contributed by atoms with van der Waals surface area (Å²) in [6, 6.07) is 0. The van der Waals surface area contributed by atoms with E-state index in [0.29, 0.717) is 0 Å². The number of aliphatic imine (C=N–C) groups is 1. The lowest BCUT2D eigenvalue weighted by molar-refractivity contribution is 0.807. The second-order valence-corrected chi connectivity index (χ2v) is 2.23. The van der Waals surface area contributed by atoms with Crippen LogP contribution in [0.1, 0.15) is 39.5 Å². The molecule has 0 aromatic rings. The van der Waals surface area contributed by atoms with E-state index in [1.54, 1.807) is 0 Å². The first-order valence-corrected chi connectivity index (χ1v) is 3.90. The van der Waals surface area contributed by atoms with Crippen LogP contribution < -0.4 is 0 Å². The van der Waals surface area contributed by atoms with Crippen molar-refractivity contribution >= 4 is 6.21 Å². The Hall–Kier alpha value is -0.330. The summed E-state index contributed by atoms with van der Waals surface area (Å²) in [5.41, 5.74) is 0. The average molecular weight is 127 g/mol. The minimum atomic E-state index is 1.02. The van der Waals surface area contributed by atoms with Crippen LogP contribution >= 0.6 is 0 Å². The first-order chi connectivity index (χ1) is 4.41. The van der Waals surface area contributed by atoms with E-state index in [4.69, 9.17) is 0 Å². The van der Waals surface area contributed by atoms with Crippen LogP contribution in [-0.4, -0.2) is 12.8 Å². The highest BCUT2D eigenvalue weighted by molar-refractivity contribution is 5.56. The van der Waals surface area contributed by atoms with Gasteiger partial charge in [-0.3, -0.25) is 4.99 Å². The van der Waals surface area contributed by atoms with Gasteiger partial charge in [0.1, 0.15) is 0 Å². The lowest BCUT2D eigenvalue weighted by atomic mass is 10.3. The van der Waals surface area contributed by atoms with Gasteiger partial charge in [-0.2, -0.15) is 0 Å². The van der Waals surface area contributed by atoms with Gasteiger partial charge in [0.2, 0.25) is 0 Å². The van der Waals surface area contributed by atoms with Crippen molar-refractivity contribution < 1.29 is 0 Å². The zero-order valence-corrected chi connectivity index (χ0v) is 6.56. The molecule has 54 valence electrons. The summed E-state index contributed by atoms with van der Waals surface area (Å²) in [5, 5.41) is 0. The van der Waals surface area contributed by atoms with Gasteiger partial charge in [0.25, 0.3) is 0 Å². The summed E-state index contributed by atoms with van der Waals surface area (Å²) in [6.45, 7) is 5.39. The van der Waals surface area contributed by atoms with Crippen LogP contribution in [0.5, 0.6) is 0 Å². The molecule has 9 heavy (non-hydrogen) atoms. The van der Waals surface area contributed by atoms with Crippen molar-refractivity contribution in [3.8, 4) is 0 Å². The molecule has 0 spiro atoms. The molecule has 0 fully saturated rings. The zero-order chi connectivity index (χ0) is 6.95. The molecule has 0 rings (SSSR count). The van der Waals surface area contributed by atoms with Crippen LogP contribution in [0.4, 0.5) is 0 Å². The lowest BCUT2D eigenvalue weighted by Crippen LogP contribution is -1.79. The second-order valence-electron chi connectivity index (χ2n) is 2.23. The van der Waals surface area contributed by atoms with Crippen molar-refractivity contribution in [1.29, 1.82) is 0 Å². The van der Waals surface area contributed by atoms with Gasteiger partial charge in [-0.15, -0.1) is 0 Å². The van der Waals surface area contributed by atoms with Crippen molar-refractivity contribution in [3.05, 3.63) is 0 Å². The molecule has 0 saturated heterocycles. The molecule has 0 heterocycles. The van der Waals surface area contributed by atoms with E-state index < -0.39 is 0 Å². The fourth-order valence-corrected chi connectivity index (χ4v) is 0.561. The molecular formula is C8H17N. The Kier molecular flexibility index (Phi) is 7.39. The first-order valence-electron chi connectivity index (χ1n) is 3.90. The van der Waals surface area contributed by atoms with Crippen molar-refractivity contribution in [1.82, 2.24) is 0 Å². The maximum absolute atomic E-state index is 4.23. The number of hydrogen-bond acceptors (Lipinski definition) is 1. The Morgan fingerprint density at radius 1 is 1.22 bits per heavy atom. The van der Waals surface area contributed by atoms with Gasteiger partial charge in [0.05, 0.1) is 0 Å². The van der Waals surface area contributed by atoms with Gasteiger partial charge in [0, 0.05) is 6.54 Å². The summed E-state index contributed by atoms with van der Waals surface area (Å²) in [4.78, 5) is 4.23. The van der Waals surface area contributed by atoms with Crippen LogP contribution in [-0.2, 0) is 0 Å². The Bertz CT molecular complexity index is 67.0. The Balaban J connectivity index is 2.86. The summed E-state index contributed by atoms with van der Waals surface area (Å²) in [6.07, 6.45) is 6.89. The minimum Gasteiger partial charge on any atom is -0.298 e. The topological polar surface area (TPSA) is 12.4 Å². The normalized spacial score (nSPS) is 10.9. The molecule has 0 amide bonds. The van der Waals surface area contributed by atoms with Crippen LogP contribution in [0, 0.1) is 0 Å². The summed E-state index contributed by atoms with van der Waals surface area (Å²) in [5.74, 6) is 0. The first kappa shape index (κ1) is 8.67. The molecule has 0 aliphatic carbocycles. The fraction of sp³-hybridized carbons (Fsp3) is 0.875. The van der Waals surface area contributed by atoms with Gasteiger partial charge >= 0.3 is 0 Å². The number of hydrogen-bond donors (Lipinski definition) is 0. The molecule has 0 atom stereocenters. The molecule has 0 saturated carbocycles. The number of nitrogens with zero attached hydrogens (tertiary/aromatic N) is 1. The van der Waals surface area contributed by atoms with Crippen LogP contribution in [0.3, 0.4) is 0 Å². The maximum atomic E-state index is 4.23. The molecule has 0 bridgehead atoms. The molecule has 1 nitrogen and oxygen atoms in total.